The van der Waals surface area contributed by atoms with Gasteiger partial charge in [-0.1, -0.05) is 23.8 Å². The van der Waals surface area contributed by atoms with Crippen LogP contribution in [0.3, 0.4) is 0 Å². The van der Waals surface area contributed by atoms with E-state index in [1.165, 1.54) is 18.4 Å². The molecule has 0 bridgehead atoms. The molecular weight excluding hydrogens is 540 g/mol. The number of hydrogen-bond donors (Lipinski definition) is 1. The highest BCUT2D eigenvalue weighted by Crippen LogP contribution is 2.45. The van der Waals surface area contributed by atoms with Crippen LogP contribution in [0.25, 0.3) is 11.1 Å². The Morgan fingerprint density at radius 1 is 0.951 bits per heavy atom. The van der Waals surface area contributed by atoms with E-state index in [-0.39, 0.29) is 12.5 Å². The molecule has 1 aromatic heterocycles. The van der Waals surface area contributed by atoms with Crippen molar-refractivity contribution >= 4 is 40.6 Å². The maximum atomic E-state index is 13.3. The van der Waals surface area contributed by atoms with Gasteiger partial charge in [-0.05, 0) is 68.1 Å². The van der Waals surface area contributed by atoms with Crippen molar-refractivity contribution in [1.29, 1.82) is 0 Å². The molecule has 1 aliphatic heterocycles. The lowest BCUT2D eigenvalue weighted by molar-refractivity contribution is -0.121. The SMILES string of the molecule is COc1cc(OC(=O)c2ccsc2)ccc1-c1ccc2c(c1COC(=O)c1ccc(C)cc1)N(C)C(=O)C(C)(C)N2. The largest absolute Gasteiger partial charge is 0.496 e. The Morgan fingerprint density at radius 3 is 2.37 bits per heavy atom. The maximum absolute atomic E-state index is 13.3. The summed E-state index contributed by atoms with van der Waals surface area (Å²) in [5, 5.41) is 6.84. The monoisotopic (exact) mass is 570 g/mol. The number of esters is 2. The van der Waals surface area contributed by atoms with E-state index in [0.29, 0.717) is 45.0 Å². The zero-order chi connectivity index (χ0) is 29.3. The van der Waals surface area contributed by atoms with E-state index in [4.69, 9.17) is 14.2 Å². The summed E-state index contributed by atoms with van der Waals surface area (Å²) in [6.45, 7) is 5.49. The molecule has 210 valence electrons. The van der Waals surface area contributed by atoms with Gasteiger partial charge in [-0.25, -0.2) is 9.59 Å². The van der Waals surface area contributed by atoms with Crippen molar-refractivity contribution < 1.29 is 28.6 Å². The number of ether oxygens (including phenoxy) is 3. The van der Waals surface area contributed by atoms with Crippen molar-refractivity contribution in [3.63, 3.8) is 0 Å². The first kappa shape index (κ1) is 27.9. The zero-order valence-electron chi connectivity index (χ0n) is 23.4. The summed E-state index contributed by atoms with van der Waals surface area (Å²) in [5.41, 5.74) is 4.47. The molecule has 3 aromatic carbocycles. The van der Waals surface area contributed by atoms with Crippen molar-refractivity contribution in [2.24, 2.45) is 0 Å². The van der Waals surface area contributed by atoms with Crippen LogP contribution in [0.4, 0.5) is 11.4 Å². The number of methoxy groups -OCH3 is 1. The number of thiophene rings is 1. The number of carbonyl (C=O) groups is 3. The van der Waals surface area contributed by atoms with Crippen LogP contribution in [0.1, 0.15) is 45.7 Å². The first-order chi connectivity index (χ1) is 19.6. The van der Waals surface area contributed by atoms with Crippen molar-refractivity contribution in [2.75, 3.05) is 24.4 Å². The lowest BCUT2D eigenvalue weighted by atomic mass is 9.91. The van der Waals surface area contributed by atoms with Crippen LogP contribution in [0.5, 0.6) is 11.5 Å². The van der Waals surface area contributed by atoms with Crippen molar-refractivity contribution in [2.45, 2.75) is 32.9 Å². The number of aryl methyl sites for hydroxylation is 1. The van der Waals surface area contributed by atoms with E-state index in [2.05, 4.69) is 5.32 Å². The van der Waals surface area contributed by atoms with Crippen molar-refractivity contribution in [3.8, 4) is 22.6 Å². The minimum absolute atomic E-state index is 0.0943. The Balaban J connectivity index is 1.55. The molecule has 1 aliphatic rings. The highest BCUT2D eigenvalue weighted by molar-refractivity contribution is 7.08. The first-order valence-electron chi connectivity index (χ1n) is 13.0. The van der Waals surface area contributed by atoms with Gasteiger partial charge < -0.3 is 24.4 Å². The number of hydrogen-bond acceptors (Lipinski definition) is 8. The van der Waals surface area contributed by atoms with Crippen LogP contribution in [-0.4, -0.2) is 37.5 Å². The Bertz CT molecular complexity index is 1630. The molecule has 0 spiro atoms. The van der Waals surface area contributed by atoms with E-state index >= 15 is 0 Å². The summed E-state index contributed by atoms with van der Waals surface area (Å²) in [6, 6.07) is 17.7. The average Bonchev–Trinajstić information content (AvgIpc) is 3.50. The van der Waals surface area contributed by atoms with Crippen molar-refractivity contribution in [3.05, 3.63) is 93.7 Å². The zero-order valence-corrected chi connectivity index (χ0v) is 24.3. The van der Waals surface area contributed by atoms with Crippen LogP contribution >= 0.6 is 11.3 Å². The molecule has 0 saturated carbocycles. The minimum Gasteiger partial charge on any atom is -0.496 e. The van der Waals surface area contributed by atoms with E-state index in [0.717, 1.165) is 11.3 Å². The molecule has 2 heterocycles. The molecule has 0 unspecified atom stereocenters. The number of nitrogens with one attached hydrogen (secondary N) is 1. The van der Waals surface area contributed by atoms with Crippen LogP contribution < -0.4 is 19.7 Å². The Hall–Kier alpha value is -4.63. The molecule has 9 heteroatoms. The van der Waals surface area contributed by atoms with E-state index < -0.39 is 17.5 Å². The van der Waals surface area contributed by atoms with Gasteiger partial charge >= 0.3 is 11.9 Å². The number of nitrogens with zero attached hydrogens (tertiary/aromatic N) is 1. The van der Waals surface area contributed by atoms with Crippen molar-refractivity contribution in [1.82, 2.24) is 0 Å². The fourth-order valence-corrected chi connectivity index (χ4v) is 5.47. The summed E-state index contributed by atoms with van der Waals surface area (Å²) in [5.74, 6) is -0.301. The molecule has 0 saturated heterocycles. The second-order valence-corrected chi connectivity index (χ2v) is 11.1. The summed E-state index contributed by atoms with van der Waals surface area (Å²) in [6.07, 6.45) is 0. The van der Waals surface area contributed by atoms with E-state index in [1.54, 1.807) is 59.1 Å². The summed E-state index contributed by atoms with van der Waals surface area (Å²) >= 11 is 1.41. The molecule has 5 rings (SSSR count). The molecule has 0 aliphatic carbocycles. The van der Waals surface area contributed by atoms with Gasteiger partial charge in [0.15, 0.2) is 0 Å². The van der Waals surface area contributed by atoms with Gasteiger partial charge in [-0.3, -0.25) is 4.79 Å². The Labute approximate surface area is 242 Å². The van der Waals surface area contributed by atoms with Gasteiger partial charge in [0.25, 0.3) is 5.91 Å². The highest BCUT2D eigenvalue weighted by Gasteiger charge is 2.39. The van der Waals surface area contributed by atoms with E-state index in [9.17, 15) is 14.4 Å². The standard InChI is InChI=1S/C32H30N2O6S/c1-19-6-8-20(9-7-19)29(35)39-17-25-23(12-13-26-28(25)34(4)31(37)32(2,3)33-26)24-11-10-22(16-27(24)38-5)40-30(36)21-14-15-41-18-21/h6-16,18,33H,17H2,1-5H3. The molecular formula is C32H30N2O6S. The molecule has 41 heavy (non-hydrogen) atoms. The van der Waals surface area contributed by atoms with Gasteiger partial charge in [0.1, 0.15) is 23.6 Å². The lowest BCUT2D eigenvalue weighted by Gasteiger charge is -2.39. The molecule has 8 nitrogen and oxygen atoms in total. The fourth-order valence-electron chi connectivity index (χ4n) is 4.84. The van der Waals surface area contributed by atoms with Crippen LogP contribution in [0.2, 0.25) is 0 Å². The molecule has 0 fully saturated rings. The topological polar surface area (TPSA) is 94.2 Å². The summed E-state index contributed by atoms with van der Waals surface area (Å²) < 4.78 is 17.1. The number of benzene rings is 3. The smallest absolute Gasteiger partial charge is 0.344 e. The number of amides is 1. The van der Waals surface area contributed by atoms with Gasteiger partial charge in [0.05, 0.1) is 29.6 Å². The number of anilines is 2. The summed E-state index contributed by atoms with van der Waals surface area (Å²) in [4.78, 5) is 40.3. The predicted molar refractivity (Wildman–Crippen MR) is 159 cm³/mol. The average molecular weight is 571 g/mol. The van der Waals surface area contributed by atoms with Gasteiger partial charge in [0.2, 0.25) is 0 Å². The molecule has 0 atom stereocenters. The quantitative estimate of drug-likeness (QED) is 0.201. The number of rotatable bonds is 7. The second-order valence-electron chi connectivity index (χ2n) is 10.3. The van der Waals surface area contributed by atoms with Crippen LogP contribution in [-0.2, 0) is 16.1 Å². The minimum atomic E-state index is -0.815. The molecule has 0 radical (unpaired) electrons. The third-order valence-electron chi connectivity index (χ3n) is 6.97. The Kier molecular flexibility index (Phi) is 7.55. The predicted octanol–water partition coefficient (Wildman–Crippen LogP) is 6.48. The third kappa shape index (κ3) is 5.53. The fraction of sp³-hybridized carbons (Fsp3) is 0.219. The third-order valence-corrected chi connectivity index (χ3v) is 7.65. The molecule has 1 amide bonds. The van der Waals surface area contributed by atoms with Crippen LogP contribution in [0.15, 0.2) is 71.4 Å². The molecule has 1 N–H and O–H groups in total. The number of likely N-dealkylation sites (N-methyl/N-ethyl adjacent to an activating group) is 1. The number of fused-ring (bicyclic) bond motifs is 1. The second kappa shape index (κ2) is 11.1. The number of carbonyl (C=O) groups excluding carboxylic acids is 3. The first-order valence-corrected chi connectivity index (χ1v) is 13.9. The normalized spacial score (nSPS) is 13.7. The van der Waals surface area contributed by atoms with Crippen LogP contribution in [0, 0.1) is 6.92 Å². The Morgan fingerprint density at radius 2 is 1.68 bits per heavy atom. The lowest BCUT2D eigenvalue weighted by Crippen LogP contribution is -2.52. The maximum Gasteiger partial charge on any atom is 0.344 e. The molecule has 4 aromatic rings. The van der Waals surface area contributed by atoms with Gasteiger partial charge in [-0.15, -0.1) is 0 Å². The van der Waals surface area contributed by atoms with Gasteiger partial charge in [-0.2, -0.15) is 11.3 Å². The highest BCUT2D eigenvalue weighted by atomic mass is 32.1. The van der Waals surface area contributed by atoms with E-state index in [1.807, 2.05) is 45.0 Å². The summed E-state index contributed by atoms with van der Waals surface area (Å²) in [7, 11) is 3.24. The van der Waals surface area contributed by atoms with Gasteiger partial charge in [0, 0.05) is 29.6 Å².